The number of rotatable bonds is 6. The molecule has 0 radical (unpaired) electrons. The summed E-state index contributed by atoms with van der Waals surface area (Å²) in [6.45, 7) is 0.375. The number of benzene rings is 2. The Bertz CT molecular complexity index is 905. The van der Waals surface area contributed by atoms with E-state index in [1.54, 1.807) is 43.5 Å². The van der Waals surface area contributed by atoms with Gasteiger partial charge in [-0.2, -0.15) is 0 Å². The molecular weight excluding hydrogens is 346 g/mol. The molecule has 0 bridgehead atoms. The summed E-state index contributed by atoms with van der Waals surface area (Å²) < 4.78 is 10.2. The maximum atomic E-state index is 12.0. The van der Waals surface area contributed by atoms with Gasteiger partial charge in [0.1, 0.15) is 5.75 Å². The molecule has 0 aliphatic rings. The van der Waals surface area contributed by atoms with Crippen LogP contribution < -0.4 is 20.7 Å². The molecule has 3 amide bonds. The van der Waals surface area contributed by atoms with Crippen LogP contribution in [0.5, 0.6) is 5.75 Å². The van der Waals surface area contributed by atoms with Gasteiger partial charge in [-0.1, -0.05) is 12.1 Å². The number of amides is 3. The third-order valence-corrected chi connectivity index (χ3v) is 3.73. The van der Waals surface area contributed by atoms with Crippen LogP contribution in [0.25, 0.3) is 0 Å². The largest absolute Gasteiger partial charge is 0.497 e. The van der Waals surface area contributed by atoms with E-state index >= 15 is 0 Å². The van der Waals surface area contributed by atoms with Crippen LogP contribution in [0.3, 0.4) is 0 Å². The van der Waals surface area contributed by atoms with E-state index in [0.717, 1.165) is 11.3 Å². The van der Waals surface area contributed by atoms with Gasteiger partial charge in [0.25, 0.3) is 5.91 Å². The van der Waals surface area contributed by atoms with Crippen molar-refractivity contribution in [2.45, 2.75) is 6.54 Å². The van der Waals surface area contributed by atoms with Gasteiger partial charge in [0, 0.05) is 17.9 Å². The number of urea groups is 1. The van der Waals surface area contributed by atoms with Gasteiger partial charge in [0.05, 0.1) is 13.4 Å². The lowest BCUT2D eigenvalue weighted by Crippen LogP contribution is -2.28. The number of nitrogens with one attached hydrogen (secondary N) is 3. The molecule has 2 aromatic carbocycles. The van der Waals surface area contributed by atoms with E-state index in [4.69, 9.17) is 9.15 Å². The van der Waals surface area contributed by atoms with Crippen molar-refractivity contribution >= 4 is 23.3 Å². The second kappa shape index (κ2) is 8.57. The van der Waals surface area contributed by atoms with Crippen molar-refractivity contribution in [3.05, 3.63) is 78.3 Å². The molecule has 138 valence electrons. The molecule has 0 saturated heterocycles. The van der Waals surface area contributed by atoms with Crippen molar-refractivity contribution in [1.29, 1.82) is 0 Å². The van der Waals surface area contributed by atoms with Crippen LogP contribution >= 0.6 is 0 Å². The third kappa shape index (κ3) is 5.12. The molecule has 1 aromatic heterocycles. The predicted octanol–water partition coefficient (Wildman–Crippen LogP) is 3.86. The highest BCUT2D eigenvalue weighted by Crippen LogP contribution is 2.15. The number of hydrogen-bond donors (Lipinski definition) is 3. The summed E-state index contributed by atoms with van der Waals surface area (Å²) in [6, 6.07) is 17.1. The van der Waals surface area contributed by atoms with Gasteiger partial charge in [-0.25, -0.2) is 4.79 Å². The lowest BCUT2D eigenvalue weighted by Gasteiger charge is -2.09. The summed E-state index contributed by atoms with van der Waals surface area (Å²) in [4.78, 5) is 23.9. The van der Waals surface area contributed by atoms with Crippen molar-refractivity contribution < 1.29 is 18.7 Å². The van der Waals surface area contributed by atoms with Crippen molar-refractivity contribution in [1.82, 2.24) is 5.32 Å². The first-order chi connectivity index (χ1) is 13.1. The molecule has 0 fully saturated rings. The number of hydrogen-bond acceptors (Lipinski definition) is 4. The van der Waals surface area contributed by atoms with Crippen LogP contribution in [0.4, 0.5) is 16.2 Å². The SMILES string of the molecule is COc1cccc(CNC(=O)Nc2ccc(NC(=O)c3ccco3)cc2)c1. The Kier molecular flexibility index (Phi) is 5.73. The average molecular weight is 365 g/mol. The summed E-state index contributed by atoms with van der Waals surface area (Å²) >= 11 is 0. The number of carbonyl (C=O) groups excluding carboxylic acids is 2. The quantitative estimate of drug-likeness (QED) is 0.618. The number of furan rings is 1. The lowest BCUT2D eigenvalue weighted by atomic mass is 10.2. The second-order valence-corrected chi connectivity index (χ2v) is 5.67. The van der Waals surface area contributed by atoms with Crippen LogP contribution in [0.1, 0.15) is 16.1 Å². The van der Waals surface area contributed by atoms with Crippen LogP contribution in [-0.2, 0) is 6.54 Å². The van der Waals surface area contributed by atoms with Gasteiger partial charge in [-0.15, -0.1) is 0 Å². The Balaban J connectivity index is 1.50. The molecule has 0 aliphatic heterocycles. The molecule has 3 aromatic rings. The summed E-state index contributed by atoms with van der Waals surface area (Å²) in [6.07, 6.45) is 1.44. The second-order valence-electron chi connectivity index (χ2n) is 5.67. The Morgan fingerprint density at radius 3 is 2.37 bits per heavy atom. The average Bonchev–Trinajstić information content (AvgIpc) is 3.23. The highest BCUT2D eigenvalue weighted by atomic mass is 16.5. The molecule has 0 spiro atoms. The molecule has 0 unspecified atom stereocenters. The predicted molar refractivity (Wildman–Crippen MR) is 102 cm³/mol. The van der Waals surface area contributed by atoms with Crippen LogP contribution in [0, 0.1) is 0 Å². The monoisotopic (exact) mass is 365 g/mol. The fourth-order valence-electron chi connectivity index (χ4n) is 2.38. The first kappa shape index (κ1) is 18.1. The van der Waals surface area contributed by atoms with E-state index < -0.39 is 0 Å². The van der Waals surface area contributed by atoms with Crippen molar-refractivity contribution in [3.63, 3.8) is 0 Å². The first-order valence-corrected chi connectivity index (χ1v) is 8.27. The van der Waals surface area contributed by atoms with E-state index in [0.29, 0.717) is 17.9 Å². The zero-order valence-corrected chi connectivity index (χ0v) is 14.7. The molecule has 0 aliphatic carbocycles. The zero-order chi connectivity index (χ0) is 19.1. The van der Waals surface area contributed by atoms with Crippen molar-refractivity contribution in [3.8, 4) is 5.75 Å². The zero-order valence-electron chi connectivity index (χ0n) is 14.7. The number of ether oxygens (including phenoxy) is 1. The van der Waals surface area contributed by atoms with E-state index in [1.807, 2.05) is 24.3 Å². The molecule has 27 heavy (non-hydrogen) atoms. The summed E-state index contributed by atoms with van der Waals surface area (Å²) in [5, 5.41) is 8.22. The van der Waals surface area contributed by atoms with E-state index in [2.05, 4.69) is 16.0 Å². The minimum atomic E-state index is -0.336. The molecule has 1 heterocycles. The Hall–Kier alpha value is -3.74. The molecule has 3 N–H and O–H groups in total. The molecule has 0 saturated carbocycles. The maximum Gasteiger partial charge on any atom is 0.319 e. The number of methoxy groups -OCH3 is 1. The van der Waals surface area contributed by atoms with Gasteiger partial charge < -0.3 is 25.1 Å². The Labute approximate surface area is 156 Å². The van der Waals surface area contributed by atoms with Gasteiger partial charge in [0.2, 0.25) is 0 Å². The molecular formula is C20H19N3O4. The standard InChI is InChI=1S/C20H19N3O4/c1-26-17-5-2-4-14(12-17)13-21-20(25)23-16-9-7-15(8-10-16)22-19(24)18-6-3-11-27-18/h2-12H,13H2,1H3,(H,22,24)(H2,21,23,25). The van der Waals surface area contributed by atoms with E-state index in [-0.39, 0.29) is 17.7 Å². The highest BCUT2D eigenvalue weighted by Gasteiger charge is 2.09. The van der Waals surface area contributed by atoms with Gasteiger partial charge in [-0.3, -0.25) is 4.79 Å². The summed E-state index contributed by atoms with van der Waals surface area (Å²) in [5.74, 6) is 0.632. The number of anilines is 2. The van der Waals surface area contributed by atoms with Crippen LogP contribution in [0.15, 0.2) is 71.3 Å². The smallest absolute Gasteiger partial charge is 0.319 e. The molecule has 7 heteroatoms. The maximum absolute atomic E-state index is 12.0. The normalized spacial score (nSPS) is 10.1. The fraction of sp³-hybridized carbons (Fsp3) is 0.100. The minimum absolute atomic E-state index is 0.231. The highest BCUT2D eigenvalue weighted by molar-refractivity contribution is 6.02. The summed E-state index contributed by atoms with van der Waals surface area (Å²) in [7, 11) is 1.60. The van der Waals surface area contributed by atoms with Crippen molar-refractivity contribution in [2.24, 2.45) is 0 Å². The molecule has 7 nitrogen and oxygen atoms in total. The molecule has 3 rings (SSSR count). The Morgan fingerprint density at radius 2 is 1.70 bits per heavy atom. The van der Waals surface area contributed by atoms with Gasteiger partial charge >= 0.3 is 6.03 Å². The lowest BCUT2D eigenvalue weighted by molar-refractivity contribution is 0.0996. The van der Waals surface area contributed by atoms with Crippen LogP contribution in [0.2, 0.25) is 0 Å². The number of carbonyl (C=O) groups is 2. The third-order valence-electron chi connectivity index (χ3n) is 3.73. The Morgan fingerprint density at radius 1 is 0.963 bits per heavy atom. The van der Waals surface area contributed by atoms with Gasteiger partial charge in [0.15, 0.2) is 5.76 Å². The molecule has 0 atom stereocenters. The van der Waals surface area contributed by atoms with E-state index in [1.165, 1.54) is 6.26 Å². The van der Waals surface area contributed by atoms with Crippen LogP contribution in [-0.4, -0.2) is 19.0 Å². The van der Waals surface area contributed by atoms with E-state index in [9.17, 15) is 9.59 Å². The fourth-order valence-corrected chi connectivity index (χ4v) is 2.38. The van der Waals surface area contributed by atoms with Gasteiger partial charge in [-0.05, 0) is 54.1 Å². The minimum Gasteiger partial charge on any atom is -0.497 e. The van der Waals surface area contributed by atoms with Crippen molar-refractivity contribution in [2.75, 3.05) is 17.7 Å². The summed E-state index contributed by atoms with van der Waals surface area (Å²) in [5.41, 5.74) is 2.13. The first-order valence-electron chi connectivity index (χ1n) is 8.27. The topological polar surface area (TPSA) is 92.6 Å².